The molecule has 0 fully saturated rings. The Bertz CT molecular complexity index is 872. The second-order valence-electron chi connectivity index (χ2n) is 6.12. The maximum absolute atomic E-state index is 12.6. The molecule has 27 heavy (non-hydrogen) atoms. The van der Waals surface area contributed by atoms with Crippen molar-refractivity contribution in [3.63, 3.8) is 0 Å². The van der Waals surface area contributed by atoms with E-state index in [1.165, 1.54) is 19.2 Å². The van der Waals surface area contributed by atoms with E-state index in [-0.39, 0.29) is 36.7 Å². The van der Waals surface area contributed by atoms with Crippen LogP contribution in [0.3, 0.4) is 0 Å². The Kier molecular flexibility index (Phi) is 6.94. The lowest BCUT2D eigenvalue weighted by atomic mass is 10.1. The van der Waals surface area contributed by atoms with Crippen molar-refractivity contribution >= 4 is 22.4 Å². The van der Waals surface area contributed by atoms with Gasteiger partial charge < -0.3 is 19.1 Å². The van der Waals surface area contributed by atoms with Crippen LogP contribution >= 0.6 is 12.4 Å². The summed E-state index contributed by atoms with van der Waals surface area (Å²) in [5.41, 5.74) is 0.941. The van der Waals surface area contributed by atoms with Crippen LogP contribution in [0.2, 0.25) is 0 Å². The first kappa shape index (κ1) is 21.3. The van der Waals surface area contributed by atoms with E-state index in [1.807, 2.05) is 37.2 Å². The van der Waals surface area contributed by atoms with Crippen LogP contribution in [-0.4, -0.2) is 47.9 Å². The number of rotatable bonds is 7. The van der Waals surface area contributed by atoms with Gasteiger partial charge in [-0.3, -0.25) is 0 Å². The molecule has 9 heteroatoms. The number of nitrogens with one attached hydrogen (secondary N) is 1. The molecule has 0 saturated heterocycles. The van der Waals surface area contributed by atoms with Crippen LogP contribution in [0.5, 0.6) is 17.2 Å². The first-order valence-electron chi connectivity index (χ1n) is 8.10. The van der Waals surface area contributed by atoms with Gasteiger partial charge in [0, 0.05) is 12.6 Å². The van der Waals surface area contributed by atoms with Crippen LogP contribution in [0.1, 0.15) is 11.6 Å². The van der Waals surface area contributed by atoms with E-state index < -0.39 is 10.0 Å². The quantitative estimate of drug-likeness (QED) is 0.749. The minimum absolute atomic E-state index is 0. The monoisotopic (exact) mass is 414 g/mol. The molecule has 1 N–H and O–H groups in total. The summed E-state index contributed by atoms with van der Waals surface area (Å²) in [5, 5.41) is 0. The van der Waals surface area contributed by atoms with Crippen molar-refractivity contribution in [2.75, 3.05) is 34.5 Å². The molecular formula is C18H23ClN2O5S. The van der Waals surface area contributed by atoms with E-state index >= 15 is 0 Å². The maximum Gasteiger partial charge on any atom is 0.240 e. The third-order valence-corrected chi connectivity index (χ3v) is 5.68. The molecule has 0 spiro atoms. The van der Waals surface area contributed by atoms with E-state index in [9.17, 15) is 8.42 Å². The number of hydrogen-bond acceptors (Lipinski definition) is 6. The molecule has 1 heterocycles. The summed E-state index contributed by atoms with van der Waals surface area (Å²) in [5.74, 6) is 1.98. The molecule has 0 bridgehead atoms. The highest BCUT2D eigenvalue weighted by molar-refractivity contribution is 7.89. The maximum atomic E-state index is 12.6. The van der Waals surface area contributed by atoms with E-state index in [0.717, 1.165) is 5.56 Å². The normalized spacial score (nSPS) is 13.9. The summed E-state index contributed by atoms with van der Waals surface area (Å²) in [4.78, 5) is 2.15. The highest BCUT2D eigenvalue weighted by Gasteiger charge is 2.22. The first-order chi connectivity index (χ1) is 12.4. The van der Waals surface area contributed by atoms with Crippen LogP contribution in [0, 0.1) is 0 Å². The third kappa shape index (κ3) is 4.84. The van der Waals surface area contributed by atoms with Crippen LogP contribution in [0.4, 0.5) is 0 Å². The van der Waals surface area contributed by atoms with E-state index in [4.69, 9.17) is 14.2 Å². The molecule has 2 aromatic rings. The number of nitrogens with zero attached hydrogens (tertiary/aromatic N) is 1. The fraction of sp³-hybridized carbons (Fsp3) is 0.333. The Morgan fingerprint density at radius 3 is 2.41 bits per heavy atom. The van der Waals surface area contributed by atoms with Gasteiger partial charge in [0.25, 0.3) is 0 Å². The molecule has 0 saturated carbocycles. The summed E-state index contributed by atoms with van der Waals surface area (Å²) in [6.45, 7) is 0.427. The van der Waals surface area contributed by atoms with Gasteiger partial charge in [-0.2, -0.15) is 0 Å². The standard InChI is InChI=1S/C18H22N2O5S.ClH/c1-20(2)16(13-4-9-17-18(10-13)25-12-24-17)11-19-26(21,22)15-7-5-14(23-3)6-8-15;/h4-10,16,19H,11-12H2,1-3H3;1H. The smallest absolute Gasteiger partial charge is 0.240 e. The predicted molar refractivity (Wildman–Crippen MR) is 104 cm³/mol. The van der Waals surface area contributed by atoms with Gasteiger partial charge in [0.1, 0.15) is 5.75 Å². The number of hydrogen-bond donors (Lipinski definition) is 1. The average Bonchev–Trinajstić information content (AvgIpc) is 3.09. The molecule has 0 aliphatic carbocycles. The Balaban J connectivity index is 0.00000261. The molecule has 3 rings (SSSR count). The van der Waals surface area contributed by atoms with Gasteiger partial charge in [-0.15, -0.1) is 12.4 Å². The van der Waals surface area contributed by atoms with E-state index in [0.29, 0.717) is 17.2 Å². The second kappa shape index (κ2) is 8.79. The zero-order valence-corrected chi connectivity index (χ0v) is 17.0. The molecule has 2 aromatic carbocycles. The van der Waals surface area contributed by atoms with Gasteiger partial charge in [0.05, 0.1) is 12.0 Å². The van der Waals surface area contributed by atoms with Crippen LogP contribution in [0.25, 0.3) is 0 Å². The van der Waals surface area contributed by atoms with Gasteiger partial charge in [0.2, 0.25) is 16.8 Å². The molecule has 1 aliphatic heterocycles. The molecule has 0 radical (unpaired) electrons. The highest BCUT2D eigenvalue weighted by Crippen LogP contribution is 2.35. The van der Waals surface area contributed by atoms with Crippen molar-refractivity contribution in [2.45, 2.75) is 10.9 Å². The minimum atomic E-state index is -3.62. The summed E-state index contributed by atoms with van der Waals surface area (Å²) in [7, 11) is 1.71. The SMILES string of the molecule is COc1ccc(S(=O)(=O)NCC(c2ccc3c(c2)OCO3)N(C)C)cc1.Cl. The van der Waals surface area contributed by atoms with Crippen LogP contribution < -0.4 is 18.9 Å². The zero-order valence-electron chi connectivity index (χ0n) is 15.3. The summed E-state index contributed by atoms with van der Waals surface area (Å²) >= 11 is 0. The fourth-order valence-corrected chi connectivity index (χ4v) is 3.78. The molecular weight excluding hydrogens is 392 g/mol. The van der Waals surface area contributed by atoms with Gasteiger partial charge in [0.15, 0.2) is 11.5 Å². The van der Waals surface area contributed by atoms with Crippen LogP contribution in [0.15, 0.2) is 47.4 Å². The lowest BCUT2D eigenvalue weighted by molar-refractivity contribution is 0.174. The lowest BCUT2D eigenvalue weighted by Crippen LogP contribution is -2.34. The molecule has 148 valence electrons. The molecule has 1 aliphatic rings. The van der Waals surface area contributed by atoms with Crippen molar-refractivity contribution in [3.8, 4) is 17.2 Å². The number of sulfonamides is 1. The molecule has 0 aromatic heterocycles. The first-order valence-corrected chi connectivity index (χ1v) is 9.59. The number of likely N-dealkylation sites (N-methyl/N-ethyl adjacent to an activating group) is 1. The number of benzene rings is 2. The fourth-order valence-electron chi connectivity index (χ4n) is 2.75. The van der Waals surface area contributed by atoms with Crippen LogP contribution in [-0.2, 0) is 10.0 Å². The van der Waals surface area contributed by atoms with E-state index in [1.54, 1.807) is 12.1 Å². The molecule has 1 atom stereocenters. The predicted octanol–water partition coefficient (Wildman–Crippen LogP) is 2.43. The number of ether oxygens (including phenoxy) is 3. The Labute approximate surface area is 165 Å². The number of halogens is 1. The molecule has 7 nitrogen and oxygen atoms in total. The largest absolute Gasteiger partial charge is 0.497 e. The van der Waals surface area contributed by atoms with Crippen molar-refractivity contribution < 1.29 is 22.6 Å². The third-order valence-electron chi connectivity index (χ3n) is 4.24. The number of methoxy groups -OCH3 is 1. The topological polar surface area (TPSA) is 77.1 Å². The minimum Gasteiger partial charge on any atom is -0.497 e. The summed E-state index contributed by atoms with van der Waals surface area (Å²) in [6.07, 6.45) is 0. The van der Waals surface area contributed by atoms with E-state index in [2.05, 4.69) is 4.72 Å². The van der Waals surface area contributed by atoms with Crippen molar-refractivity contribution in [1.82, 2.24) is 9.62 Å². The summed E-state index contributed by atoms with van der Waals surface area (Å²) in [6, 6.07) is 11.8. The highest BCUT2D eigenvalue weighted by atomic mass is 35.5. The van der Waals surface area contributed by atoms with Crippen molar-refractivity contribution in [3.05, 3.63) is 48.0 Å². The Morgan fingerprint density at radius 2 is 1.78 bits per heavy atom. The summed E-state index contributed by atoms with van der Waals surface area (Å²) < 4.78 is 43.6. The van der Waals surface area contributed by atoms with Gasteiger partial charge in [-0.1, -0.05) is 6.07 Å². The molecule has 1 unspecified atom stereocenters. The number of fused-ring (bicyclic) bond motifs is 1. The van der Waals surface area contributed by atoms with Gasteiger partial charge in [-0.25, -0.2) is 13.1 Å². The molecule has 0 amide bonds. The lowest BCUT2D eigenvalue weighted by Gasteiger charge is -2.25. The Hall–Kier alpha value is -2.00. The second-order valence-corrected chi connectivity index (χ2v) is 7.89. The van der Waals surface area contributed by atoms with Gasteiger partial charge >= 0.3 is 0 Å². The van der Waals surface area contributed by atoms with Crippen molar-refractivity contribution in [1.29, 1.82) is 0 Å². The van der Waals surface area contributed by atoms with Gasteiger partial charge in [-0.05, 0) is 56.1 Å². The zero-order chi connectivity index (χ0) is 18.7. The van der Waals surface area contributed by atoms with Crippen molar-refractivity contribution in [2.24, 2.45) is 0 Å². The average molecular weight is 415 g/mol. The Morgan fingerprint density at radius 1 is 1.11 bits per heavy atom.